The van der Waals surface area contributed by atoms with E-state index in [1.54, 1.807) is 6.92 Å². The van der Waals surface area contributed by atoms with E-state index in [9.17, 15) is 4.79 Å². The van der Waals surface area contributed by atoms with Gasteiger partial charge in [-0.2, -0.15) is 0 Å². The molecule has 1 heterocycles. The SMILES string of the molecule is CCOC(=O)c1nc(-c2ccccc2)nn1-c1ccccc1. The van der Waals surface area contributed by atoms with Crippen LogP contribution in [0.2, 0.25) is 0 Å². The minimum atomic E-state index is -0.485. The second-order valence-electron chi connectivity index (χ2n) is 4.59. The quantitative estimate of drug-likeness (QED) is 0.694. The average molecular weight is 293 g/mol. The van der Waals surface area contributed by atoms with Crippen molar-refractivity contribution >= 4 is 5.97 Å². The Balaban J connectivity index is 2.11. The summed E-state index contributed by atoms with van der Waals surface area (Å²) < 4.78 is 6.59. The number of ether oxygens (including phenoxy) is 1. The third kappa shape index (κ3) is 2.74. The van der Waals surface area contributed by atoms with Crippen molar-refractivity contribution in [3.8, 4) is 17.1 Å². The highest BCUT2D eigenvalue weighted by Crippen LogP contribution is 2.18. The van der Waals surface area contributed by atoms with Gasteiger partial charge in [0.15, 0.2) is 5.82 Å². The molecule has 0 spiro atoms. The summed E-state index contributed by atoms with van der Waals surface area (Å²) >= 11 is 0. The van der Waals surface area contributed by atoms with Gasteiger partial charge in [-0.25, -0.2) is 14.5 Å². The highest BCUT2D eigenvalue weighted by Gasteiger charge is 2.20. The van der Waals surface area contributed by atoms with Gasteiger partial charge in [-0.15, -0.1) is 5.10 Å². The van der Waals surface area contributed by atoms with Crippen LogP contribution in [0, 0.1) is 0 Å². The minimum absolute atomic E-state index is 0.173. The molecule has 0 aliphatic carbocycles. The zero-order valence-electron chi connectivity index (χ0n) is 12.1. The summed E-state index contributed by atoms with van der Waals surface area (Å²) in [6, 6.07) is 18.9. The molecule has 0 N–H and O–H groups in total. The van der Waals surface area contributed by atoms with E-state index in [1.807, 2.05) is 60.7 Å². The molecule has 0 saturated carbocycles. The lowest BCUT2D eigenvalue weighted by Crippen LogP contribution is -2.13. The molecule has 22 heavy (non-hydrogen) atoms. The van der Waals surface area contributed by atoms with Gasteiger partial charge in [0, 0.05) is 5.56 Å². The van der Waals surface area contributed by atoms with Crippen LogP contribution in [-0.4, -0.2) is 27.3 Å². The topological polar surface area (TPSA) is 57.0 Å². The Kier molecular flexibility index (Phi) is 3.96. The molecule has 3 aromatic rings. The summed E-state index contributed by atoms with van der Waals surface area (Å²) in [4.78, 5) is 16.5. The first-order valence-corrected chi connectivity index (χ1v) is 7.04. The maximum absolute atomic E-state index is 12.1. The van der Waals surface area contributed by atoms with E-state index in [0.717, 1.165) is 11.3 Å². The maximum atomic E-state index is 12.1. The van der Waals surface area contributed by atoms with Crippen LogP contribution in [-0.2, 0) is 4.74 Å². The van der Waals surface area contributed by atoms with E-state index in [-0.39, 0.29) is 5.82 Å². The summed E-state index contributed by atoms with van der Waals surface area (Å²) in [5.41, 5.74) is 1.61. The number of carbonyl (C=O) groups excluding carboxylic acids is 1. The third-order valence-electron chi connectivity index (χ3n) is 3.10. The Morgan fingerprint density at radius 2 is 1.68 bits per heavy atom. The molecule has 0 atom stereocenters. The molecular weight excluding hydrogens is 278 g/mol. The lowest BCUT2D eigenvalue weighted by molar-refractivity contribution is 0.0508. The first kappa shape index (κ1) is 14.0. The number of rotatable bonds is 4. The molecule has 5 nitrogen and oxygen atoms in total. The molecule has 0 aliphatic heterocycles. The molecule has 0 fully saturated rings. The first-order chi connectivity index (χ1) is 10.8. The van der Waals surface area contributed by atoms with Gasteiger partial charge in [0.1, 0.15) is 0 Å². The molecule has 0 unspecified atom stereocenters. The van der Waals surface area contributed by atoms with Gasteiger partial charge in [-0.3, -0.25) is 0 Å². The van der Waals surface area contributed by atoms with Crippen molar-refractivity contribution in [3.05, 3.63) is 66.5 Å². The summed E-state index contributed by atoms with van der Waals surface area (Å²) in [5.74, 6) is 0.181. The number of hydrogen-bond acceptors (Lipinski definition) is 4. The molecule has 0 amide bonds. The Bertz CT molecular complexity index is 767. The monoisotopic (exact) mass is 293 g/mol. The Morgan fingerprint density at radius 1 is 1.05 bits per heavy atom. The smallest absolute Gasteiger partial charge is 0.376 e. The minimum Gasteiger partial charge on any atom is -0.460 e. The third-order valence-corrected chi connectivity index (χ3v) is 3.10. The number of para-hydroxylation sites is 1. The number of carbonyl (C=O) groups is 1. The van der Waals surface area contributed by atoms with Crippen molar-refractivity contribution in [1.82, 2.24) is 14.8 Å². The van der Waals surface area contributed by atoms with Crippen LogP contribution in [0.4, 0.5) is 0 Å². The van der Waals surface area contributed by atoms with Crippen LogP contribution in [0.3, 0.4) is 0 Å². The zero-order valence-corrected chi connectivity index (χ0v) is 12.1. The zero-order chi connectivity index (χ0) is 15.4. The highest BCUT2D eigenvalue weighted by molar-refractivity contribution is 5.86. The van der Waals surface area contributed by atoms with E-state index < -0.39 is 5.97 Å². The molecule has 2 aromatic carbocycles. The molecule has 0 bridgehead atoms. The lowest BCUT2D eigenvalue weighted by Gasteiger charge is -2.04. The maximum Gasteiger partial charge on any atom is 0.376 e. The number of esters is 1. The van der Waals surface area contributed by atoms with Crippen molar-refractivity contribution in [2.75, 3.05) is 6.61 Å². The molecule has 0 aliphatic rings. The van der Waals surface area contributed by atoms with Crippen LogP contribution in [0.25, 0.3) is 17.1 Å². The van der Waals surface area contributed by atoms with E-state index in [2.05, 4.69) is 10.1 Å². The van der Waals surface area contributed by atoms with Gasteiger partial charge in [0.2, 0.25) is 5.82 Å². The lowest BCUT2D eigenvalue weighted by atomic mass is 10.2. The van der Waals surface area contributed by atoms with Crippen molar-refractivity contribution in [2.45, 2.75) is 6.92 Å². The van der Waals surface area contributed by atoms with Gasteiger partial charge in [0.05, 0.1) is 12.3 Å². The largest absolute Gasteiger partial charge is 0.460 e. The normalized spacial score (nSPS) is 10.4. The van der Waals surface area contributed by atoms with Crippen LogP contribution in [0.1, 0.15) is 17.5 Å². The fourth-order valence-electron chi connectivity index (χ4n) is 2.10. The molecule has 0 radical (unpaired) electrons. The van der Waals surface area contributed by atoms with Gasteiger partial charge < -0.3 is 4.74 Å². The fourth-order valence-corrected chi connectivity index (χ4v) is 2.10. The van der Waals surface area contributed by atoms with Gasteiger partial charge in [-0.05, 0) is 19.1 Å². The van der Waals surface area contributed by atoms with E-state index in [1.165, 1.54) is 4.68 Å². The number of benzene rings is 2. The Hall–Kier alpha value is -2.95. The molecule has 3 rings (SSSR count). The second kappa shape index (κ2) is 6.22. The summed E-state index contributed by atoms with van der Waals surface area (Å²) in [6.45, 7) is 2.06. The van der Waals surface area contributed by atoms with E-state index in [0.29, 0.717) is 12.4 Å². The van der Waals surface area contributed by atoms with Gasteiger partial charge in [-0.1, -0.05) is 48.5 Å². The molecule has 5 heteroatoms. The Morgan fingerprint density at radius 3 is 2.32 bits per heavy atom. The predicted molar refractivity (Wildman–Crippen MR) is 82.8 cm³/mol. The second-order valence-corrected chi connectivity index (χ2v) is 4.59. The first-order valence-electron chi connectivity index (χ1n) is 7.04. The number of nitrogens with zero attached hydrogens (tertiary/aromatic N) is 3. The highest BCUT2D eigenvalue weighted by atomic mass is 16.5. The van der Waals surface area contributed by atoms with E-state index >= 15 is 0 Å². The van der Waals surface area contributed by atoms with Crippen molar-refractivity contribution in [3.63, 3.8) is 0 Å². The molecule has 0 saturated heterocycles. The van der Waals surface area contributed by atoms with Crippen LogP contribution < -0.4 is 0 Å². The number of hydrogen-bond donors (Lipinski definition) is 0. The predicted octanol–water partition coefficient (Wildman–Crippen LogP) is 3.11. The Labute approximate surface area is 128 Å². The van der Waals surface area contributed by atoms with Gasteiger partial charge in [0.25, 0.3) is 0 Å². The summed E-state index contributed by atoms with van der Waals surface area (Å²) in [5, 5.41) is 4.46. The van der Waals surface area contributed by atoms with Crippen molar-refractivity contribution < 1.29 is 9.53 Å². The summed E-state index contributed by atoms with van der Waals surface area (Å²) in [7, 11) is 0. The van der Waals surface area contributed by atoms with Crippen molar-refractivity contribution in [2.24, 2.45) is 0 Å². The standard InChI is InChI=1S/C17H15N3O2/c1-2-22-17(21)16-18-15(13-9-5-3-6-10-13)19-20(16)14-11-7-4-8-12-14/h3-12H,2H2,1H3. The molecule has 1 aromatic heterocycles. The summed E-state index contributed by atoms with van der Waals surface area (Å²) in [6.07, 6.45) is 0. The van der Waals surface area contributed by atoms with Crippen LogP contribution in [0.5, 0.6) is 0 Å². The van der Waals surface area contributed by atoms with E-state index in [4.69, 9.17) is 4.74 Å². The number of aromatic nitrogens is 3. The van der Waals surface area contributed by atoms with Crippen molar-refractivity contribution in [1.29, 1.82) is 0 Å². The van der Waals surface area contributed by atoms with Crippen LogP contribution in [0.15, 0.2) is 60.7 Å². The average Bonchev–Trinajstić information content (AvgIpc) is 3.02. The fraction of sp³-hybridized carbons (Fsp3) is 0.118. The van der Waals surface area contributed by atoms with Gasteiger partial charge >= 0.3 is 5.97 Å². The molecule has 110 valence electrons. The van der Waals surface area contributed by atoms with Crippen LogP contribution >= 0.6 is 0 Å². The molecular formula is C17H15N3O2.